The van der Waals surface area contributed by atoms with Crippen LogP contribution in [0.25, 0.3) is 0 Å². The van der Waals surface area contributed by atoms with Gasteiger partial charge in [0.15, 0.2) is 0 Å². The van der Waals surface area contributed by atoms with Crippen molar-refractivity contribution < 1.29 is 124 Å². The summed E-state index contributed by atoms with van der Waals surface area (Å²) in [6.07, 6.45) is -11.0. The third-order valence-corrected chi connectivity index (χ3v) is 0. The molecule has 0 spiro atoms. The van der Waals surface area contributed by atoms with Crippen LogP contribution in [-0.4, -0.2) is 121 Å². The topological polar surface area (TPSA) is 345 Å². The molecule has 0 heterocycles. The summed E-state index contributed by atoms with van der Waals surface area (Å²) in [5.74, 6) is 0. The largest absolute Gasteiger partial charge is 2.00 e. The predicted molar refractivity (Wildman–Crippen MR) is 69.7 cm³/mol. The SMILES string of the molecule is O=C(O)O.O=C(O)O.O=C(O)O.O=C(O)O.O=C(O)O.O=C(O)O.[Br-].[Br-].[Mg+2]. The molecule has 27 heavy (non-hydrogen) atoms. The fourth-order valence-corrected chi connectivity index (χ4v) is 0. The van der Waals surface area contributed by atoms with Crippen LogP contribution in [0, 0.1) is 0 Å². The first-order valence-electron chi connectivity index (χ1n) is 3.91. The zero-order valence-electron chi connectivity index (χ0n) is 12.3. The molecule has 0 aromatic heterocycles. The van der Waals surface area contributed by atoms with Crippen LogP contribution in [0.3, 0.4) is 0 Å². The number of rotatable bonds is 0. The van der Waals surface area contributed by atoms with E-state index in [1.807, 2.05) is 0 Å². The Kier molecular flexibility index (Phi) is 103. The Morgan fingerprint density at radius 3 is 0.296 bits per heavy atom. The van der Waals surface area contributed by atoms with E-state index in [1.165, 1.54) is 0 Å². The first-order valence-corrected chi connectivity index (χ1v) is 3.91. The Bertz CT molecular complexity index is 267. The number of hydrogen-bond donors (Lipinski definition) is 12. The summed E-state index contributed by atoms with van der Waals surface area (Å²) in [6.45, 7) is 0. The molecule has 0 aliphatic rings. The van der Waals surface area contributed by atoms with Gasteiger partial charge in [0, 0.05) is 0 Å². The van der Waals surface area contributed by atoms with Gasteiger partial charge in [0.1, 0.15) is 0 Å². The summed E-state index contributed by atoms with van der Waals surface area (Å²) >= 11 is 0. The second kappa shape index (κ2) is 49.5. The quantitative estimate of drug-likeness (QED) is 0.124. The van der Waals surface area contributed by atoms with Gasteiger partial charge in [-0.25, -0.2) is 28.8 Å². The Hall–Kier alpha value is -2.65. The fraction of sp³-hybridized carbons (Fsp3) is 0. The molecule has 0 saturated heterocycles. The standard InChI is InChI=1S/6CH2O3.2BrH.Mg/c6*2-1(3)4;;;/h6*(H2,2,3,4);2*1H;/q;;;;;;;;+2/p-2. The first-order chi connectivity index (χ1) is 10.4. The van der Waals surface area contributed by atoms with E-state index in [-0.39, 0.29) is 57.0 Å². The molecule has 0 aromatic rings. The fourth-order valence-electron chi connectivity index (χ4n) is 0. The maximum Gasteiger partial charge on any atom is 2.00 e. The van der Waals surface area contributed by atoms with Crippen LogP contribution in [-0.2, 0) is 0 Å². The van der Waals surface area contributed by atoms with Crippen molar-refractivity contribution in [3.63, 3.8) is 0 Å². The molecule has 12 N–H and O–H groups in total. The molecule has 0 atom stereocenters. The maximum absolute atomic E-state index is 8.56. The molecule has 0 aliphatic heterocycles. The van der Waals surface area contributed by atoms with Crippen molar-refractivity contribution in [1.82, 2.24) is 0 Å². The molecule has 18 nitrogen and oxygen atoms in total. The third-order valence-electron chi connectivity index (χ3n) is 0. The van der Waals surface area contributed by atoms with Crippen molar-refractivity contribution in [2.24, 2.45) is 0 Å². The Morgan fingerprint density at radius 2 is 0.296 bits per heavy atom. The summed E-state index contributed by atoms with van der Waals surface area (Å²) < 4.78 is 0. The van der Waals surface area contributed by atoms with Crippen LogP contribution >= 0.6 is 0 Å². The molecule has 0 radical (unpaired) electrons. The molecule has 0 rings (SSSR count). The molecule has 0 unspecified atom stereocenters. The minimum atomic E-state index is -1.83. The number of carboxylic acid groups (broad SMARTS) is 12. The summed E-state index contributed by atoms with van der Waals surface area (Å²) in [5.41, 5.74) is 0. The van der Waals surface area contributed by atoms with E-state index in [0.29, 0.717) is 0 Å². The van der Waals surface area contributed by atoms with Crippen LogP contribution < -0.4 is 34.0 Å². The van der Waals surface area contributed by atoms with Gasteiger partial charge in [0.05, 0.1) is 0 Å². The van der Waals surface area contributed by atoms with Gasteiger partial charge in [0.25, 0.3) is 0 Å². The van der Waals surface area contributed by atoms with Gasteiger partial charge < -0.3 is 95.2 Å². The van der Waals surface area contributed by atoms with E-state index in [0.717, 1.165) is 0 Å². The summed E-state index contributed by atoms with van der Waals surface area (Å²) in [6, 6.07) is 0. The van der Waals surface area contributed by atoms with Crippen molar-refractivity contribution in [2.75, 3.05) is 0 Å². The maximum atomic E-state index is 8.56. The van der Waals surface area contributed by atoms with Crippen molar-refractivity contribution in [3.8, 4) is 0 Å². The molecule has 0 aromatic carbocycles. The van der Waals surface area contributed by atoms with E-state index in [9.17, 15) is 0 Å². The smallest absolute Gasteiger partial charge is 1.00 e. The predicted octanol–water partition coefficient (Wildman–Crippen LogP) is -5.04. The van der Waals surface area contributed by atoms with Crippen LogP contribution in [0.1, 0.15) is 0 Å². The molecular weight excluding hydrogens is 544 g/mol. The molecule has 0 fully saturated rings. The van der Waals surface area contributed by atoms with Crippen LogP contribution in [0.2, 0.25) is 0 Å². The van der Waals surface area contributed by atoms with E-state index in [2.05, 4.69) is 0 Å². The second-order valence-corrected chi connectivity index (χ2v) is 1.70. The van der Waals surface area contributed by atoms with Crippen molar-refractivity contribution in [3.05, 3.63) is 0 Å². The van der Waals surface area contributed by atoms with Gasteiger partial charge >= 0.3 is 60.0 Å². The minimum Gasteiger partial charge on any atom is -1.00 e. The van der Waals surface area contributed by atoms with E-state index in [1.54, 1.807) is 0 Å². The van der Waals surface area contributed by atoms with Gasteiger partial charge in [-0.1, -0.05) is 0 Å². The molecule has 0 bridgehead atoms. The zero-order chi connectivity index (χ0) is 21.5. The summed E-state index contributed by atoms with van der Waals surface area (Å²) in [5, 5.41) is 83.7. The van der Waals surface area contributed by atoms with Crippen LogP contribution in [0.4, 0.5) is 28.8 Å². The van der Waals surface area contributed by atoms with E-state index < -0.39 is 36.9 Å². The van der Waals surface area contributed by atoms with Crippen molar-refractivity contribution >= 4 is 60.0 Å². The molecule has 0 saturated carbocycles. The Balaban J connectivity index is -0.0000000201. The van der Waals surface area contributed by atoms with Gasteiger partial charge in [-0.15, -0.1) is 0 Å². The van der Waals surface area contributed by atoms with Crippen molar-refractivity contribution in [1.29, 1.82) is 0 Å². The monoisotopic (exact) mass is 554 g/mol. The molecular formula is C6H12Br2MgO18. The van der Waals surface area contributed by atoms with Gasteiger partial charge in [0.2, 0.25) is 0 Å². The summed E-state index contributed by atoms with van der Waals surface area (Å²) in [4.78, 5) is 51.3. The van der Waals surface area contributed by atoms with E-state index in [4.69, 9.17) is 90.0 Å². The van der Waals surface area contributed by atoms with E-state index >= 15 is 0 Å². The number of carbonyl (C=O) groups is 6. The third kappa shape index (κ3) is 1510. The molecule has 0 aliphatic carbocycles. The van der Waals surface area contributed by atoms with Crippen LogP contribution in [0.15, 0.2) is 0 Å². The second-order valence-electron chi connectivity index (χ2n) is 1.70. The average Bonchev–Trinajstić information content (AvgIpc) is 2.08. The summed E-state index contributed by atoms with van der Waals surface area (Å²) in [7, 11) is 0. The first kappa shape index (κ1) is 56.3. The number of hydrogen-bond acceptors (Lipinski definition) is 6. The van der Waals surface area contributed by atoms with Crippen LogP contribution in [0.5, 0.6) is 0 Å². The minimum absolute atomic E-state index is 0. The zero-order valence-corrected chi connectivity index (χ0v) is 16.9. The van der Waals surface area contributed by atoms with Gasteiger partial charge in [-0.3, -0.25) is 0 Å². The number of halogens is 2. The molecule has 0 amide bonds. The van der Waals surface area contributed by atoms with Gasteiger partial charge in [-0.05, 0) is 0 Å². The average molecular weight is 556 g/mol. The molecule has 160 valence electrons. The Morgan fingerprint density at radius 1 is 0.296 bits per heavy atom. The van der Waals surface area contributed by atoms with Gasteiger partial charge in [-0.2, -0.15) is 0 Å². The molecule has 21 heteroatoms. The normalized spacial score (nSPS) is 5.33. The Labute approximate surface area is 183 Å². The van der Waals surface area contributed by atoms with Crippen molar-refractivity contribution in [2.45, 2.75) is 0 Å².